The lowest BCUT2D eigenvalue weighted by atomic mass is 10.0. The highest BCUT2D eigenvalue weighted by molar-refractivity contribution is 8.77. The van der Waals surface area contributed by atoms with Crippen LogP contribution in [0.5, 0.6) is 0 Å². The number of aliphatic carboxylic acids is 1. The quantitative estimate of drug-likeness (QED) is 0.0781. The largest absolute Gasteiger partial charge is 0.481 e. The Morgan fingerprint density at radius 3 is 1.85 bits per heavy atom. The van der Waals surface area contributed by atoms with E-state index in [0.717, 1.165) is 21.6 Å². The van der Waals surface area contributed by atoms with Crippen LogP contribution in [0.4, 0.5) is 0 Å². The Labute approximate surface area is 578 Å². The highest BCUT2D eigenvalue weighted by Crippen LogP contribution is 2.27. The number of carboxylic acid groups (broad SMARTS) is 1. The number of nitrogens with two attached hydrogens (primary N) is 1. The Balaban J connectivity index is 1.66. The predicted molar refractivity (Wildman–Crippen MR) is 369 cm³/mol. The van der Waals surface area contributed by atoms with Crippen LogP contribution >= 0.6 is 43.2 Å². The second kappa shape index (κ2) is 39.1. The van der Waals surface area contributed by atoms with Gasteiger partial charge in [-0.2, -0.15) is 0 Å². The van der Waals surface area contributed by atoms with Crippen LogP contribution in [0.15, 0.2) is 43.0 Å². The molecular formula is C62H94N16O15S4. The molecule has 5 rings (SSSR count). The van der Waals surface area contributed by atoms with E-state index in [1.165, 1.54) is 48.0 Å². The molecule has 2 aliphatic rings. The van der Waals surface area contributed by atoms with Crippen molar-refractivity contribution >= 4 is 131 Å². The van der Waals surface area contributed by atoms with Gasteiger partial charge >= 0.3 is 5.97 Å². The van der Waals surface area contributed by atoms with Crippen LogP contribution in [-0.4, -0.2) is 210 Å². The lowest BCUT2D eigenvalue weighted by Gasteiger charge is -2.29. The van der Waals surface area contributed by atoms with E-state index in [-0.39, 0.29) is 74.0 Å². The number of aliphatic hydroxyl groups is 1. The monoisotopic (exact) mass is 1430 g/mol. The summed E-state index contributed by atoms with van der Waals surface area (Å²) in [6.45, 7) is 14.3. The van der Waals surface area contributed by atoms with Crippen LogP contribution in [0.25, 0.3) is 10.9 Å². The number of aromatic amines is 2. The summed E-state index contributed by atoms with van der Waals surface area (Å²) in [6.07, 6.45) is 1.53. The molecule has 2 fully saturated rings. The van der Waals surface area contributed by atoms with E-state index in [9.17, 15) is 63.0 Å². The first-order valence-electron chi connectivity index (χ1n) is 32.1. The fourth-order valence-electron chi connectivity index (χ4n) is 10.3. The molecule has 2 saturated heterocycles. The summed E-state index contributed by atoms with van der Waals surface area (Å²) >= 11 is 0. The summed E-state index contributed by atoms with van der Waals surface area (Å²) < 4.78 is 0. The molecule has 12 amide bonds. The van der Waals surface area contributed by atoms with Crippen molar-refractivity contribution in [3.63, 3.8) is 0 Å². The number of carboxylic acids is 1. The molecule has 18 N–H and O–H groups in total. The summed E-state index contributed by atoms with van der Waals surface area (Å²) in [5.74, 6) is -12.3. The number of benzene rings is 1. The average molecular weight is 1430 g/mol. The van der Waals surface area contributed by atoms with Crippen molar-refractivity contribution in [1.82, 2.24) is 78.8 Å². The van der Waals surface area contributed by atoms with E-state index in [4.69, 9.17) is 5.73 Å². The van der Waals surface area contributed by atoms with Gasteiger partial charge in [0, 0.05) is 76.8 Å². The third kappa shape index (κ3) is 27.3. The number of para-hydroxylation sites is 1. The van der Waals surface area contributed by atoms with Gasteiger partial charge in [0.25, 0.3) is 0 Å². The molecule has 2 aliphatic heterocycles. The molecular weight excluding hydrogens is 1340 g/mol. The fourth-order valence-corrected chi connectivity index (χ4v) is 14.8. The predicted octanol–water partition coefficient (Wildman–Crippen LogP) is -0.800. The summed E-state index contributed by atoms with van der Waals surface area (Å²) in [5, 5.41) is 53.3. The Hall–Kier alpha value is -7.60. The lowest BCUT2D eigenvalue weighted by molar-refractivity contribution is -0.138. The second-order valence-corrected chi connectivity index (χ2v) is 31.0. The van der Waals surface area contributed by atoms with E-state index in [0.29, 0.717) is 27.9 Å². The SMILES string of the molecule is CC(C)C[C@@H]1NC(=O)[C@H](Cc2cnc[nH]2)NC(=O)[C@@H]2CCCSSCC[C@H](NC(=O)[C@H](CC(C)C)NC(=O)[C@H](CCC(=O)O)NC(=O)CNC1=O)C(=O)N[C@@H](Cc1c[nH]c3ccccc13)C(=O)N[C@H](C(=O)N[C@H](C(N)=O)[C@@H](C)O)CSSC[C@H](NC(C)(C)C)C(=O)N[C@@H](C)C(=O)N2. The number of H-pyrrole nitrogens is 2. The first kappa shape index (κ1) is 80.1. The second-order valence-electron chi connectivity index (χ2n) is 25.8. The number of imidazole rings is 1. The standard InChI is InChI=1S/C62H94N16O15S4/c1-31(2)21-42-53(85)66-27-48(80)69-40(16-17-49(81)82)55(87)73-43(22-32(3)4)57(89)71-41-18-20-95-94-19-12-15-39(54(86)75-45(59(91)72-42)24-36-26-64-30-67-36)70-52(84)33(5)68-61(93)47(78-62(7,8)9)29-97-96-28-46(60(92)77-50(34(6)79)51(63)83)76-58(90)44(74-56(41)88)23-35-25-65-38-14-11-10-13-37(35)38/h10-11,13-14,25-26,30-34,39-47,50,65,78-79H,12,15-24,27-29H2,1-9H3,(H2,63,83)(H,64,67)(H,66,85)(H,68,93)(H,69,80)(H,70,84)(H,71,89)(H,72,91)(H,73,87)(H,74,88)(H,75,86)(H,76,90)(H,77,92)(H,81,82)/t33-,34+,39-,40-,41-,42-,43-,44-,45-,46-,47-,50-/m0/s1. The lowest BCUT2D eigenvalue weighted by Crippen LogP contribution is -2.61. The van der Waals surface area contributed by atoms with Gasteiger partial charge in [0.1, 0.15) is 60.4 Å². The maximum Gasteiger partial charge on any atom is 0.303 e. The van der Waals surface area contributed by atoms with Crippen LogP contribution in [0, 0.1) is 11.8 Å². The Bertz CT molecular complexity index is 3220. The van der Waals surface area contributed by atoms with Crippen LogP contribution in [0.1, 0.15) is 119 Å². The molecule has 97 heavy (non-hydrogen) atoms. The number of rotatable bonds is 16. The molecule has 4 heterocycles. The number of primary amides is 1. The third-order valence-electron chi connectivity index (χ3n) is 15.3. The van der Waals surface area contributed by atoms with E-state index in [1.807, 2.05) is 20.8 Å². The van der Waals surface area contributed by atoms with E-state index in [2.05, 4.69) is 78.8 Å². The van der Waals surface area contributed by atoms with Crippen LogP contribution < -0.4 is 69.5 Å². The molecule has 31 nitrogen and oxygen atoms in total. The number of hydrogen-bond acceptors (Lipinski definition) is 20. The molecule has 1 aromatic carbocycles. The first-order valence-corrected chi connectivity index (χ1v) is 37.0. The zero-order chi connectivity index (χ0) is 71.7. The van der Waals surface area contributed by atoms with Crippen LogP contribution in [-0.2, 0) is 75.2 Å². The number of carbonyl (C=O) groups is 13. The highest BCUT2D eigenvalue weighted by Gasteiger charge is 2.38. The minimum atomic E-state index is -1.62. The van der Waals surface area contributed by atoms with Gasteiger partial charge in [-0.3, -0.25) is 62.3 Å². The molecule has 3 aromatic rings. The van der Waals surface area contributed by atoms with Gasteiger partial charge in [0.15, 0.2) is 0 Å². The topological polar surface area (TPSA) is 477 Å². The molecule has 0 saturated carbocycles. The first-order chi connectivity index (χ1) is 45.8. The van der Waals surface area contributed by atoms with Crippen molar-refractivity contribution in [2.24, 2.45) is 17.6 Å². The van der Waals surface area contributed by atoms with Crippen molar-refractivity contribution in [1.29, 1.82) is 0 Å². The van der Waals surface area contributed by atoms with Crippen LogP contribution in [0.2, 0.25) is 0 Å². The average Bonchev–Trinajstić information content (AvgIpc) is 1.71. The van der Waals surface area contributed by atoms with Crippen molar-refractivity contribution < 1.29 is 72.5 Å². The Morgan fingerprint density at radius 1 is 0.649 bits per heavy atom. The molecule has 536 valence electrons. The smallest absolute Gasteiger partial charge is 0.303 e. The van der Waals surface area contributed by atoms with E-state index in [1.54, 1.807) is 58.2 Å². The summed E-state index contributed by atoms with van der Waals surface area (Å²) in [5.41, 5.74) is 6.52. The van der Waals surface area contributed by atoms with Gasteiger partial charge in [0.05, 0.1) is 25.0 Å². The third-order valence-corrected chi connectivity index (χ3v) is 20.2. The normalized spacial score (nSPS) is 25.3. The zero-order valence-electron chi connectivity index (χ0n) is 55.9. The number of nitrogens with one attached hydrogen (secondary N) is 14. The van der Waals surface area contributed by atoms with Gasteiger partial charge in [-0.15, -0.1) is 0 Å². The number of carbonyl (C=O) groups excluding carboxylic acids is 12. The number of aromatic nitrogens is 3. The molecule has 2 bridgehead atoms. The molecule has 12 atom stereocenters. The highest BCUT2D eigenvalue weighted by atomic mass is 33.1. The number of hydrogen-bond donors (Lipinski definition) is 17. The molecule has 0 radical (unpaired) electrons. The van der Waals surface area contributed by atoms with Crippen molar-refractivity contribution in [2.75, 3.05) is 29.6 Å². The maximum atomic E-state index is 15.1. The van der Waals surface area contributed by atoms with Gasteiger partial charge < -0.3 is 89.7 Å². The molecule has 2 aromatic heterocycles. The van der Waals surface area contributed by atoms with Crippen molar-refractivity contribution in [2.45, 2.75) is 198 Å². The van der Waals surface area contributed by atoms with Gasteiger partial charge in [-0.25, -0.2) is 4.98 Å². The van der Waals surface area contributed by atoms with Crippen LogP contribution in [0.3, 0.4) is 0 Å². The van der Waals surface area contributed by atoms with Crippen molar-refractivity contribution in [3.8, 4) is 0 Å². The minimum Gasteiger partial charge on any atom is -0.481 e. The van der Waals surface area contributed by atoms with Gasteiger partial charge in [0.2, 0.25) is 70.9 Å². The molecule has 0 spiro atoms. The Morgan fingerprint density at radius 2 is 1.23 bits per heavy atom. The number of amides is 12. The number of fused-ring (bicyclic) bond motifs is 9. The van der Waals surface area contributed by atoms with E-state index < -0.39 is 174 Å². The number of nitrogens with zero attached hydrogens (tertiary/aromatic N) is 1. The number of aliphatic hydroxyl groups excluding tert-OH is 1. The molecule has 0 unspecified atom stereocenters. The maximum absolute atomic E-state index is 15.1. The molecule has 35 heteroatoms. The zero-order valence-corrected chi connectivity index (χ0v) is 59.1. The van der Waals surface area contributed by atoms with Gasteiger partial charge in [-0.1, -0.05) is 89.1 Å². The van der Waals surface area contributed by atoms with Crippen molar-refractivity contribution in [3.05, 3.63) is 54.2 Å². The summed E-state index contributed by atoms with van der Waals surface area (Å²) in [7, 11) is 4.71. The molecule has 0 aliphatic carbocycles. The minimum absolute atomic E-state index is 0.0173. The summed E-state index contributed by atoms with van der Waals surface area (Å²) in [6, 6.07) is -8.40. The fraction of sp³-hybridized carbons (Fsp3) is 0.613. The van der Waals surface area contributed by atoms with Gasteiger partial charge in [-0.05, 0) is 96.6 Å². The summed E-state index contributed by atoms with van der Waals surface area (Å²) in [4.78, 5) is 194. The Kier molecular flexibility index (Phi) is 32.3. The van der Waals surface area contributed by atoms with E-state index >= 15 is 9.59 Å².